The zero-order chi connectivity index (χ0) is 18.6. The van der Waals surface area contributed by atoms with Crippen LogP contribution in [0.3, 0.4) is 0 Å². The first-order valence-electron chi connectivity index (χ1n) is 8.62. The summed E-state index contributed by atoms with van der Waals surface area (Å²) in [4.78, 5) is 12.6. The topological polar surface area (TPSA) is 84.5 Å². The lowest BCUT2D eigenvalue weighted by Crippen LogP contribution is -2.26. The average molecular weight is 374 g/mol. The van der Waals surface area contributed by atoms with Crippen LogP contribution in [0.2, 0.25) is 0 Å². The smallest absolute Gasteiger partial charge is 0.255 e. The Morgan fingerprint density at radius 1 is 1.15 bits per heavy atom. The molecule has 138 valence electrons. The van der Waals surface area contributed by atoms with E-state index in [1.165, 1.54) is 12.1 Å². The predicted octanol–water partition coefficient (Wildman–Crippen LogP) is 3.03. The van der Waals surface area contributed by atoms with Crippen LogP contribution < -0.4 is 14.8 Å². The summed E-state index contributed by atoms with van der Waals surface area (Å²) in [7, 11) is -3.62. The largest absolute Gasteiger partial charge is 0.492 e. The van der Waals surface area contributed by atoms with E-state index >= 15 is 0 Å². The number of carbonyl (C=O) groups excluding carboxylic acids is 1. The van der Waals surface area contributed by atoms with Gasteiger partial charge in [0.15, 0.2) is 0 Å². The van der Waals surface area contributed by atoms with Gasteiger partial charge < -0.3 is 10.1 Å². The number of ether oxygens (including phenoxy) is 1. The summed E-state index contributed by atoms with van der Waals surface area (Å²) in [5.74, 6) is 0.612. The van der Waals surface area contributed by atoms with E-state index in [0.29, 0.717) is 30.5 Å². The Bertz CT molecular complexity index is 892. The summed E-state index contributed by atoms with van der Waals surface area (Å²) in [6, 6.07) is 13.1. The number of carbonyl (C=O) groups is 1. The fraction of sp³-hybridized carbons (Fsp3) is 0.316. The molecule has 0 unspecified atom stereocenters. The minimum absolute atomic E-state index is 0.0869. The third-order valence-corrected chi connectivity index (χ3v) is 5.52. The number of hydrogen-bond donors (Lipinski definition) is 2. The van der Waals surface area contributed by atoms with Crippen molar-refractivity contribution in [2.24, 2.45) is 5.92 Å². The van der Waals surface area contributed by atoms with E-state index in [-0.39, 0.29) is 10.5 Å². The molecule has 2 aromatic carbocycles. The van der Waals surface area contributed by atoms with Crippen LogP contribution in [0.1, 0.15) is 30.1 Å². The highest BCUT2D eigenvalue weighted by Crippen LogP contribution is 2.28. The van der Waals surface area contributed by atoms with Gasteiger partial charge in [0.25, 0.3) is 5.91 Å². The van der Waals surface area contributed by atoms with Crippen molar-refractivity contribution in [3.8, 4) is 5.75 Å². The van der Waals surface area contributed by atoms with Gasteiger partial charge in [-0.25, -0.2) is 13.1 Å². The van der Waals surface area contributed by atoms with Gasteiger partial charge in [-0.05, 0) is 56.0 Å². The van der Waals surface area contributed by atoms with Gasteiger partial charge in [-0.2, -0.15) is 0 Å². The van der Waals surface area contributed by atoms with Gasteiger partial charge in [-0.1, -0.05) is 18.2 Å². The van der Waals surface area contributed by atoms with Gasteiger partial charge in [-0.15, -0.1) is 0 Å². The molecule has 0 atom stereocenters. The Balaban J connectivity index is 1.76. The van der Waals surface area contributed by atoms with Gasteiger partial charge >= 0.3 is 0 Å². The number of para-hydroxylation sites is 2. The number of hydrogen-bond acceptors (Lipinski definition) is 4. The minimum Gasteiger partial charge on any atom is -0.492 e. The molecule has 0 saturated heterocycles. The van der Waals surface area contributed by atoms with E-state index in [0.717, 1.165) is 12.8 Å². The Kier molecular flexibility index (Phi) is 5.58. The summed E-state index contributed by atoms with van der Waals surface area (Å²) in [5, 5.41) is 2.77. The number of nitrogens with one attached hydrogen (secondary N) is 2. The molecule has 0 radical (unpaired) electrons. The number of sulfonamides is 1. The van der Waals surface area contributed by atoms with Crippen molar-refractivity contribution in [2.75, 3.05) is 18.5 Å². The first-order valence-corrected chi connectivity index (χ1v) is 10.1. The van der Waals surface area contributed by atoms with Crippen LogP contribution in [-0.4, -0.2) is 27.5 Å². The Labute approximate surface area is 153 Å². The molecule has 0 aliphatic heterocycles. The third kappa shape index (κ3) is 4.62. The molecular weight excluding hydrogens is 352 g/mol. The maximum absolute atomic E-state index is 12.5. The summed E-state index contributed by atoms with van der Waals surface area (Å²) in [5.41, 5.74) is 0.810. The summed E-state index contributed by atoms with van der Waals surface area (Å²) >= 11 is 0. The van der Waals surface area contributed by atoms with Crippen molar-refractivity contribution >= 4 is 21.6 Å². The molecule has 2 aromatic rings. The van der Waals surface area contributed by atoms with Crippen molar-refractivity contribution in [2.45, 2.75) is 24.7 Å². The average Bonchev–Trinajstić information content (AvgIpc) is 3.47. The van der Waals surface area contributed by atoms with Crippen LogP contribution in [0.15, 0.2) is 53.4 Å². The number of rotatable bonds is 8. The highest BCUT2D eigenvalue weighted by molar-refractivity contribution is 7.89. The fourth-order valence-electron chi connectivity index (χ4n) is 2.48. The summed E-state index contributed by atoms with van der Waals surface area (Å²) in [6.45, 7) is 2.79. The van der Waals surface area contributed by atoms with E-state index in [1.807, 2.05) is 13.0 Å². The van der Waals surface area contributed by atoms with Gasteiger partial charge in [0, 0.05) is 12.1 Å². The van der Waals surface area contributed by atoms with Crippen molar-refractivity contribution in [1.82, 2.24) is 4.72 Å². The second kappa shape index (κ2) is 7.88. The molecule has 0 aromatic heterocycles. The first kappa shape index (κ1) is 18.4. The van der Waals surface area contributed by atoms with Crippen LogP contribution in [0.25, 0.3) is 0 Å². The molecule has 1 fully saturated rings. The van der Waals surface area contributed by atoms with E-state index in [2.05, 4.69) is 10.0 Å². The van der Waals surface area contributed by atoms with Gasteiger partial charge in [-0.3, -0.25) is 4.79 Å². The Hall–Kier alpha value is -2.38. The normalized spacial score (nSPS) is 14.0. The van der Waals surface area contributed by atoms with E-state index in [4.69, 9.17) is 4.74 Å². The Morgan fingerprint density at radius 3 is 2.65 bits per heavy atom. The molecule has 0 spiro atoms. The van der Waals surface area contributed by atoms with Crippen molar-refractivity contribution in [1.29, 1.82) is 0 Å². The number of anilines is 1. The zero-order valence-corrected chi connectivity index (χ0v) is 15.4. The van der Waals surface area contributed by atoms with Gasteiger partial charge in [0.05, 0.1) is 17.2 Å². The molecule has 1 aliphatic carbocycles. The predicted molar refractivity (Wildman–Crippen MR) is 99.9 cm³/mol. The maximum atomic E-state index is 12.5. The van der Waals surface area contributed by atoms with Gasteiger partial charge in [0.1, 0.15) is 5.75 Å². The Morgan fingerprint density at radius 2 is 1.92 bits per heavy atom. The highest BCUT2D eigenvalue weighted by Gasteiger charge is 2.24. The van der Waals surface area contributed by atoms with Crippen LogP contribution in [0.4, 0.5) is 5.69 Å². The molecule has 7 heteroatoms. The molecule has 0 bridgehead atoms. The molecule has 0 heterocycles. The lowest BCUT2D eigenvalue weighted by molar-refractivity contribution is 0.102. The van der Waals surface area contributed by atoms with Crippen LogP contribution in [0.5, 0.6) is 5.75 Å². The molecule has 2 N–H and O–H groups in total. The minimum atomic E-state index is -3.62. The number of benzene rings is 2. The quantitative estimate of drug-likeness (QED) is 0.744. The molecule has 1 amide bonds. The van der Waals surface area contributed by atoms with E-state index in [1.54, 1.807) is 30.3 Å². The van der Waals surface area contributed by atoms with E-state index in [9.17, 15) is 13.2 Å². The van der Waals surface area contributed by atoms with Crippen LogP contribution in [0, 0.1) is 5.92 Å². The number of amides is 1. The fourth-order valence-corrected chi connectivity index (χ4v) is 3.64. The lowest BCUT2D eigenvalue weighted by Gasteiger charge is -2.12. The maximum Gasteiger partial charge on any atom is 0.255 e. The second-order valence-corrected chi connectivity index (χ2v) is 7.97. The second-order valence-electron chi connectivity index (χ2n) is 6.21. The molecule has 1 saturated carbocycles. The molecule has 3 rings (SSSR count). The molecule has 1 aliphatic rings. The van der Waals surface area contributed by atoms with Crippen molar-refractivity contribution < 1.29 is 17.9 Å². The molecule has 26 heavy (non-hydrogen) atoms. The molecular formula is C19H22N2O4S. The summed E-state index contributed by atoms with van der Waals surface area (Å²) in [6.07, 6.45) is 2.12. The van der Waals surface area contributed by atoms with Crippen LogP contribution in [-0.2, 0) is 10.0 Å². The first-order chi connectivity index (χ1) is 12.5. The monoisotopic (exact) mass is 374 g/mol. The highest BCUT2D eigenvalue weighted by atomic mass is 32.2. The van der Waals surface area contributed by atoms with Crippen molar-refractivity contribution in [3.05, 3.63) is 54.1 Å². The molecule has 6 nitrogen and oxygen atoms in total. The van der Waals surface area contributed by atoms with Crippen LogP contribution >= 0.6 is 0 Å². The van der Waals surface area contributed by atoms with E-state index < -0.39 is 15.9 Å². The van der Waals surface area contributed by atoms with Gasteiger partial charge in [0.2, 0.25) is 10.0 Å². The SMILES string of the molecule is CCOc1ccccc1NC(=O)c1cccc(S(=O)(=O)NCC2CC2)c1. The lowest BCUT2D eigenvalue weighted by atomic mass is 10.2. The third-order valence-electron chi connectivity index (χ3n) is 4.10. The summed E-state index contributed by atoms with van der Waals surface area (Å²) < 4.78 is 32.8. The standard InChI is InChI=1S/C19H22N2O4S/c1-2-25-18-9-4-3-8-17(18)21-19(22)15-6-5-7-16(12-15)26(23,24)20-13-14-10-11-14/h3-9,12,14,20H,2,10-11,13H2,1H3,(H,21,22). The zero-order valence-electron chi connectivity index (χ0n) is 14.6. The van der Waals surface area contributed by atoms with Crippen molar-refractivity contribution in [3.63, 3.8) is 0 Å².